The fourth-order valence-corrected chi connectivity index (χ4v) is 5.18. The highest BCUT2D eigenvalue weighted by molar-refractivity contribution is 5.82. The van der Waals surface area contributed by atoms with Gasteiger partial charge >= 0.3 is 6.18 Å². The van der Waals surface area contributed by atoms with E-state index in [2.05, 4.69) is 5.32 Å². The summed E-state index contributed by atoms with van der Waals surface area (Å²) in [5, 5.41) is 2.76. The van der Waals surface area contributed by atoms with Gasteiger partial charge in [0.05, 0.1) is 23.2 Å². The SMILES string of the molecule is O=C(NCc1ccccc1F)C1Cc2cc(C(F)(F)F)ccc2N2CCN(c3ccccc3F)CC12. The number of nitrogens with one attached hydrogen (secondary N) is 1. The molecule has 0 radical (unpaired) electrons. The molecule has 1 N–H and O–H groups in total. The van der Waals surface area contributed by atoms with Gasteiger partial charge in [-0.15, -0.1) is 0 Å². The minimum absolute atomic E-state index is 0.0405. The molecule has 5 rings (SSSR count). The van der Waals surface area contributed by atoms with Gasteiger partial charge in [-0.05, 0) is 48.4 Å². The van der Waals surface area contributed by atoms with Crippen molar-refractivity contribution in [2.75, 3.05) is 29.4 Å². The molecule has 0 saturated carbocycles. The molecular weight excluding hydrogens is 477 g/mol. The Morgan fingerprint density at radius 3 is 2.36 bits per heavy atom. The number of fused-ring (bicyclic) bond motifs is 3. The molecule has 0 spiro atoms. The third-order valence-electron chi connectivity index (χ3n) is 6.98. The minimum atomic E-state index is -4.50. The monoisotopic (exact) mass is 501 g/mol. The highest BCUT2D eigenvalue weighted by Gasteiger charge is 2.43. The zero-order chi connectivity index (χ0) is 25.4. The van der Waals surface area contributed by atoms with Crippen LogP contribution in [0.5, 0.6) is 0 Å². The number of hydrogen-bond acceptors (Lipinski definition) is 3. The van der Waals surface area contributed by atoms with Gasteiger partial charge in [-0.2, -0.15) is 13.2 Å². The molecule has 0 aromatic heterocycles. The van der Waals surface area contributed by atoms with Crippen molar-refractivity contribution in [2.45, 2.75) is 25.2 Å². The lowest BCUT2D eigenvalue weighted by Gasteiger charge is -2.49. The first-order valence-electron chi connectivity index (χ1n) is 11.7. The van der Waals surface area contributed by atoms with Crippen molar-refractivity contribution in [1.82, 2.24) is 5.32 Å². The number of piperazine rings is 1. The molecule has 9 heteroatoms. The first-order valence-corrected chi connectivity index (χ1v) is 11.7. The Balaban J connectivity index is 1.46. The molecule has 1 fully saturated rings. The Morgan fingerprint density at radius 2 is 1.64 bits per heavy atom. The first kappa shape index (κ1) is 24.1. The lowest BCUT2D eigenvalue weighted by atomic mass is 9.82. The molecule has 0 aliphatic carbocycles. The first-order chi connectivity index (χ1) is 17.2. The lowest BCUT2D eigenvalue weighted by Crippen LogP contribution is -2.61. The number of benzene rings is 3. The number of para-hydroxylation sites is 1. The smallest absolute Gasteiger partial charge is 0.365 e. The Labute approximate surface area is 205 Å². The van der Waals surface area contributed by atoms with Gasteiger partial charge in [-0.25, -0.2) is 8.78 Å². The second kappa shape index (κ2) is 9.44. The number of hydrogen-bond donors (Lipinski definition) is 1. The van der Waals surface area contributed by atoms with E-state index in [9.17, 15) is 26.7 Å². The molecule has 3 aromatic rings. The van der Waals surface area contributed by atoms with E-state index < -0.39 is 29.5 Å². The molecule has 4 nitrogen and oxygen atoms in total. The fraction of sp³-hybridized carbons (Fsp3) is 0.296. The molecule has 2 aliphatic rings. The normalized spacial score (nSPS) is 19.5. The van der Waals surface area contributed by atoms with Crippen molar-refractivity contribution in [3.05, 3.63) is 95.1 Å². The van der Waals surface area contributed by atoms with E-state index in [-0.39, 0.29) is 24.7 Å². The molecule has 3 aromatic carbocycles. The maximum atomic E-state index is 14.5. The fourth-order valence-electron chi connectivity index (χ4n) is 5.18. The Morgan fingerprint density at radius 1 is 0.917 bits per heavy atom. The summed E-state index contributed by atoms with van der Waals surface area (Å²) in [7, 11) is 0. The van der Waals surface area contributed by atoms with Crippen molar-refractivity contribution in [3.63, 3.8) is 0 Å². The van der Waals surface area contributed by atoms with Crippen LogP contribution in [0.25, 0.3) is 0 Å². The van der Waals surface area contributed by atoms with Gasteiger partial charge in [0, 0.05) is 37.4 Å². The molecule has 2 unspecified atom stereocenters. The van der Waals surface area contributed by atoms with E-state index >= 15 is 0 Å². The standard InChI is InChI=1S/C27H24F5N3O/c28-21-6-2-1-5-17(21)15-33-26(36)20-14-18-13-19(27(30,31)32)9-10-23(18)35-12-11-34(16-25(20)35)24-8-4-3-7-22(24)29/h1-10,13,20,25H,11-12,14-16H2,(H,33,36). The largest absolute Gasteiger partial charge is 0.416 e. The zero-order valence-electron chi connectivity index (χ0n) is 19.2. The van der Waals surface area contributed by atoms with Gasteiger partial charge in [0.2, 0.25) is 5.91 Å². The summed E-state index contributed by atoms with van der Waals surface area (Å²) in [5.74, 6) is -1.92. The van der Waals surface area contributed by atoms with Crippen LogP contribution in [0.2, 0.25) is 0 Å². The number of carbonyl (C=O) groups is 1. The van der Waals surface area contributed by atoms with Crippen molar-refractivity contribution in [3.8, 4) is 0 Å². The Kier molecular flexibility index (Phi) is 6.32. The highest BCUT2D eigenvalue weighted by Crippen LogP contribution is 2.40. The van der Waals surface area contributed by atoms with Gasteiger partial charge in [0.1, 0.15) is 11.6 Å². The van der Waals surface area contributed by atoms with Crippen molar-refractivity contribution < 1.29 is 26.7 Å². The topological polar surface area (TPSA) is 35.6 Å². The highest BCUT2D eigenvalue weighted by atomic mass is 19.4. The van der Waals surface area contributed by atoms with Crippen molar-refractivity contribution in [1.29, 1.82) is 0 Å². The average Bonchev–Trinajstić information content (AvgIpc) is 2.86. The van der Waals surface area contributed by atoms with E-state index in [4.69, 9.17) is 0 Å². The predicted octanol–water partition coefficient (Wildman–Crippen LogP) is 5.17. The van der Waals surface area contributed by atoms with Crippen LogP contribution >= 0.6 is 0 Å². The van der Waals surface area contributed by atoms with Gasteiger partial charge in [-0.3, -0.25) is 4.79 Å². The molecule has 0 bridgehead atoms. The second-order valence-corrected chi connectivity index (χ2v) is 9.12. The van der Waals surface area contributed by atoms with E-state index in [1.807, 2.05) is 9.80 Å². The Hall–Kier alpha value is -3.62. The van der Waals surface area contributed by atoms with Gasteiger partial charge in [0.25, 0.3) is 0 Å². The summed E-state index contributed by atoms with van der Waals surface area (Å²) in [6, 6.07) is 15.7. The maximum Gasteiger partial charge on any atom is 0.416 e. The average molecular weight is 501 g/mol. The summed E-state index contributed by atoms with van der Waals surface area (Å²) in [5.41, 5.74) is 1.05. The summed E-state index contributed by atoms with van der Waals surface area (Å²) in [6.45, 7) is 1.14. The third-order valence-corrected chi connectivity index (χ3v) is 6.98. The van der Waals surface area contributed by atoms with E-state index in [0.29, 0.717) is 42.1 Å². The number of carbonyl (C=O) groups excluding carboxylic acids is 1. The summed E-state index contributed by atoms with van der Waals surface area (Å²) < 4.78 is 68.8. The molecule has 188 valence electrons. The number of amides is 1. The number of anilines is 2. The zero-order valence-corrected chi connectivity index (χ0v) is 19.2. The predicted molar refractivity (Wildman–Crippen MR) is 127 cm³/mol. The summed E-state index contributed by atoms with van der Waals surface area (Å²) in [6.07, 6.45) is -4.41. The number of alkyl halides is 3. The third kappa shape index (κ3) is 4.62. The molecular formula is C27H24F5N3O. The molecule has 2 aliphatic heterocycles. The number of rotatable bonds is 4. The van der Waals surface area contributed by atoms with Crippen LogP contribution < -0.4 is 15.1 Å². The summed E-state index contributed by atoms with van der Waals surface area (Å²) in [4.78, 5) is 17.2. The van der Waals surface area contributed by atoms with E-state index in [1.165, 1.54) is 18.2 Å². The number of halogens is 5. The van der Waals surface area contributed by atoms with Gasteiger partial charge in [-0.1, -0.05) is 30.3 Å². The Bertz CT molecular complexity index is 1280. The van der Waals surface area contributed by atoms with Crippen molar-refractivity contribution in [2.24, 2.45) is 5.92 Å². The van der Waals surface area contributed by atoms with Crippen LogP contribution in [0, 0.1) is 17.6 Å². The minimum Gasteiger partial charge on any atom is -0.365 e. The molecule has 2 atom stereocenters. The van der Waals surface area contributed by atoms with Crippen LogP contribution in [0.1, 0.15) is 16.7 Å². The number of nitrogens with zero attached hydrogens (tertiary/aromatic N) is 2. The van der Waals surface area contributed by atoms with Gasteiger partial charge in [0.15, 0.2) is 0 Å². The van der Waals surface area contributed by atoms with E-state index in [1.54, 1.807) is 36.4 Å². The van der Waals surface area contributed by atoms with Crippen LogP contribution in [0.15, 0.2) is 66.7 Å². The second-order valence-electron chi connectivity index (χ2n) is 9.12. The van der Waals surface area contributed by atoms with Crippen LogP contribution in [-0.4, -0.2) is 31.6 Å². The van der Waals surface area contributed by atoms with Crippen molar-refractivity contribution >= 4 is 17.3 Å². The van der Waals surface area contributed by atoms with Gasteiger partial charge < -0.3 is 15.1 Å². The molecule has 1 amide bonds. The molecule has 1 saturated heterocycles. The van der Waals surface area contributed by atoms with E-state index in [0.717, 1.165) is 12.1 Å². The summed E-state index contributed by atoms with van der Waals surface area (Å²) >= 11 is 0. The van der Waals surface area contributed by atoms with Crippen LogP contribution in [-0.2, 0) is 23.9 Å². The lowest BCUT2D eigenvalue weighted by molar-refractivity contribution is -0.137. The van der Waals surface area contributed by atoms with Crippen LogP contribution in [0.3, 0.4) is 0 Å². The molecule has 36 heavy (non-hydrogen) atoms. The maximum absolute atomic E-state index is 14.5. The molecule has 2 heterocycles. The van der Waals surface area contributed by atoms with Crippen LogP contribution in [0.4, 0.5) is 33.3 Å². The quantitative estimate of drug-likeness (QED) is 0.502.